The second kappa shape index (κ2) is 22.6. The lowest BCUT2D eigenvalue weighted by Gasteiger charge is -2.66. The highest BCUT2D eigenvalue weighted by Gasteiger charge is 2.67. The molecule has 2 spiro atoms. The predicted molar refractivity (Wildman–Crippen MR) is 343 cm³/mol. The maximum Gasteiger partial charge on any atom is 0.316 e. The molecule has 11 bridgehead atoms. The molecule has 13 atom stereocenters. The Morgan fingerprint density at radius 2 is 1.60 bits per heavy atom. The van der Waals surface area contributed by atoms with Gasteiger partial charge >= 0.3 is 11.9 Å². The number of fused-ring (bicyclic) bond motifs is 11. The number of carbonyl (C=O) groups excluding carboxylic acids is 2. The van der Waals surface area contributed by atoms with Crippen LogP contribution in [-0.4, -0.2) is 87.2 Å². The molecular weight excluding hydrogens is 1140 g/mol. The van der Waals surface area contributed by atoms with Crippen molar-refractivity contribution in [2.45, 2.75) is 137 Å². The molecule has 7 aromatic rings. The fraction of sp³-hybridized carbons (Fsp3) is 0.432. The van der Waals surface area contributed by atoms with E-state index in [9.17, 15) is 30.3 Å². The average Bonchev–Trinajstić information content (AvgIpc) is 0.725. The van der Waals surface area contributed by atoms with Crippen molar-refractivity contribution in [1.82, 2.24) is 5.32 Å². The number of rotatable bonds is 3. The summed E-state index contributed by atoms with van der Waals surface area (Å²) in [6.07, 6.45) is 4.77. The van der Waals surface area contributed by atoms with E-state index in [0.29, 0.717) is 50.2 Å². The molecule has 6 N–H and O–H groups in total. The van der Waals surface area contributed by atoms with Gasteiger partial charge in [-0.2, -0.15) is 0 Å². The molecule has 0 radical (unpaired) electrons. The smallest absolute Gasteiger partial charge is 0.316 e. The van der Waals surface area contributed by atoms with E-state index in [1.807, 2.05) is 42.5 Å². The zero-order chi connectivity index (χ0) is 60.2. The van der Waals surface area contributed by atoms with E-state index in [4.69, 9.17) is 18.9 Å². The minimum Gasteiger partial charge on any atom is -0.508 e. The summed E-state index contributed by atoms with van der Waals surface area (Å²) in [7, 11) is 4.41. The fourth-order valence-electron chi connectivity index (χ4n) is 18.5. The van der Waals surface area contributed by atoms with Gasteiger partial charge in [0.15, 0.2) is 23.0 Å². The van der Waals surface area contributed by atoms with Gasteiger partial charge in [-0.3, -0.25) is 9.59 Å². The van der Waals surface area contributed by atoms with Crippen molar-refractivity contribution in [3.05, 3.63) is 160 Å². The number of aromatic hydroxyl groups is 3. The number of esters is 2. The maximum absolute atomic E-state index is 17.0. The van der Waals surface area contributed by atoms with Crippen LogP contribution in [0.2, 0.25) is 0 Å². The summed E-state index contributed by atoms with van der Waals surface area (Å²) in [5, 5.41) is 67.7. The lowest BCUT2D eigenvalue weighted by molar-refractivity contribution is -0.175. The van der Waals surface area contributed by atoms with Gasteiger partial charge in [0.05, 0.1) is 18.6 Å². The van der Waals surface area contributed by atoms with E-state index in [1.165, 1.54) is 24.8 Å². The van der Waals surface area contributed by atoms with Gasteiger partial charge in [0, 0.05) is 54.9 Å². The van der Waals surface area contributed by atoms with Gasteiger partial charge in [0.25, 0.3) is 0 Å². The maximum atomic E-state index is 17.0. The van der Waals surface area contributed by atoms with Gasteiger partial charge < -0.3 is 49.8 Å². The van der Waals surface area contributed by atoms with E-state index < -0.39 is 70.1 Å². The van der Waals surface area contributed by atoms with E-state index in [0.717, 1.165) is 110 Å². The number of carbonyl (C=O) groups is 2. The van der Waals surface area contributed by atoms with Crippen LogP contribution in [0.3, 0.4) is 0 Å². The Morgan fingerprint density at radius 3 is 2.44 bits per heavy atom. The first-order valence-corrected chi connectivity index (χ1v) is 34.1. The van der Waals surface area contributed by atoms with Crippen molar-refractivity contribution in [2.75, 3.05) is 26.0 Å². The first-order valence-electron chi connectivity index (χ1n) is 31.7. The summed E-state index contributed by atoms with van der Waals surface area (Å²) >= 11 is 0. The van der Waals surface area contributed by atoms with Gasteiger partial charge in [0.1, 0.15) is 30.0 Å². The molecule has 4 saturated carbocycles. The number of nitrogens with one attached hydrogen (secondary N) is 1. The zero-order valence-electron chi connectivity index (χ0n) is 49.7. The molecule has 13 unspecified atom stereocenters. The molecule has 2 aliphatic heterocycles. The molecule has 14 heteroatoms. The highest BCUT2D eigenvalue weighted by Crippen LogP contribution is 2.70. The van der Waals surface area contributed by atoms with Crippen molar-refractivity contribution in [3.63, 3.8) is 0 Å². The topological polar surface area (TPSA) is 184 Å². The minimum absolute atomic E-state index is 0.00356. The molecular formula is C74H75NO11S2. The normalized spacial score (nSPS) is 31.2. The van der Waals surface area contributed by atoms with E-state index >= 15 is 4.79 Å². The van der Waals surface area contributed by atoms with E-state index in [1.54, 1.807) is 22.9 Å². The number of ether oxygens (including phenoxy) is 4. The molecule has 12 nitrogen and oxygen atoms in total. The summed E-state index contributed by atoms with van der Waals surface area (Å²) in [5.41, 5.74) is 5.00. The molecule has 0 aromatic heterocycles. The van der Waals surface area contributed by atoms with Crippen LogP contribution in [0.1, 0.15) is 122 Å². The van der Waals surface area contributed by atoms with Crippen LogP contribution in [0.25, 0.3) is 32.7 Å². The number of aliphatic hydroxyl groups excluding tert-OH is 2. The molecule has 88 heavy (non-hydrogen) atoms. The van der Waals surface area contributed by atoms with Crippen molar-refractivity contribution in [1.29, 1.82) is 0 Å². The standard InChI is InChI=1S/C74H75NO11S2/c1-41(76)85-66-31-54-30-59-57-33-68(64(79)26-49(57)24-60-63(78)34-61-58-32-65(80)67(83-2)27-50(58)25-62(66)74(61,70(59)60)52-15-12-45-9-3-4-10-46(45)22-52)84-38-69(81)88-87-39-44-20-42-16-19-72(17-5-6-18-72)40-75-37-43-8-7-11-47(21-43)56-29-53(77)23-48-13-14-51(28-55(48)56)73(35-42,36-44)71(82)86-54/h3-4,7-15,21-23,26-29,32-33,42,44,54,59-63,66,69-70,75,77-81H,5-6,17-18,20,24-25,30-31,34-40H2,1-2H3. The summed E-state index contributed by atoms with van der Waals surface area (Å²) in [6, 6.07) is 40.7. The fourth-order valence-corrected chi connectivity index (χ4v) is 20.7. The third kappa shape index (κ3) is 9.88. The molecule has 7 aromatic carbocycles. The van der Waals surface area contributed by atoms with E-state index in [-0.39, 0.29) is 65.7 Å². The largest absolute Gasteiger partial charge is 0.508 e. The second-order valence-corrected chi connectivity index (χ2v) is 29.6. The average molecular weight is 1220 g/mol. The minimum atomic E-state index is -1.25. The van der Waals surface area contributed by atoms with Crippen LogP contribution in [0, 0.1) is 46.8 Å². The first kappa shape index (κ1) is 57.6. The molecule has 15 rings (SSSR count). The van der Waals surface area contributed by atoms with Gasteiger partial charge in [0.2, 0.25) is 0 Å². The quantitative estimate of drug-likeness (QED) is 0.0558. The Balaban J connectivity index is 0.962. The van der Waals surface area contributed by atoms with Gasteiger partial charge in [-0.25, -0.2) is 0 Å². The summed E-state index contributed by atoms with van der Waals surface area (Å²) in [4.78, 5) is 31.1. The van der Waals surface area contributed by atoms with Crippen LogP contribution in [0.15, 0.2) is 121 Å². The summed E-state index contributed by atoms with van der Waals surface area (Å²) < 4.78 is 26.7. The van der Waals surface area contributed by atoms with Gasteiger partial charge in [-0.1, -0.05) is 119 Å². The number of benzene rings is 7. The number of phenolic OH excluding ortho intramolecular Hbond substituents is 3. The summed E-state index contributed by atoms with van der Waals surface area (Å²) in [5.74, 6) is 5.81. The number of phenols is 3. The van der Waals surface area contributed by atoms with Crippen LogP contribution in [0.5, 0.6) is 28.7 Å². The molecule has 0 amide bonds. The van der Waals surface area contributed by atoms with Gasteiger partial charge in [-0.15, -0.1) is 0 Å². The van der Waals surface area contributed by atoms with Crippen LogP contribution >= 0.6 is 21.6 Å². The van der Waals surface area contributed by atoms with Gasteiger partial charge in [-0.05, 0) is 208 Å². The molecule has 6 aliphatic carbocycles. The molecule has 4 fully saturated rings. The monoisotopic (exact) mass is 1220 g/mol. The number of hydrogen-bond donors (Lipinski definition) is 6. The Bertz CT molecular complexity index is 4000. The molecule has 0 saturated heterocycles. The third-order valence-corrected chi connectivity index (χ3v) is 24.6. The number of hydrogen-bond acceptors (Lipinski definition) is 14. The van der Waals surface area contributed by atoms with Crippen molar-refractivity contribution in [3.8, 4) is 51.7 Å². The SMILES string of the molecule is COc1cc2c(cc1O)C1CC(O)C3Cc4cc(O)c5cc4C4CC(CC(OC(C)=O)C(C2)C1(c1ccc2ccccc2c1)C43)OC(=O)C12CC(C#CC3(CCCC3)CNCc3cccc(c3)-c3cc(O)cc4ccc1cc34)CC(CSSC(O)CO5)C2. The highest BCUT2D eigenvalue weighted by molar-refractivity contribution is 8.76. The molecule has 8 aliphatic rings. The predicted octanol–water partition coefficient (Wildman–Crippen LogP) is 13.1. The number of methoxy groups -OCH3 is 1. The Morgan fingerprint density at radius 1 is 0.784 bits per heavy atom. The second-order valence-electron chi connectivity index (χ2n) is 27.0. The Labute approximate surface area is 521 Å². The van der Waals surface area contributed by atoms with Crippen molar-refractivity contribution < 1.29 is 54.1 Å². The van der Waals surface area contributed by atoms with Crippen molar-refractivity contribution >= 4 is 55.1 Å². The number of aliphatic hydroxyl groups is 2. The van der Waals surface area contributed by atoms with Crippen LogP contribution in [0.4, 0.5) is 0 Å². The van der Waals surface area contributed by atoms with Crippen LogP contribution in [-0.2, 0) is 49.3 Å². The van der Waals surface area contributed by atoms with Crippen molar-refractivity contribution in [2.24, 2.45) is 35.0 Å². The Kier molecular flexibility index (Phi) is 14.8. The first-order chi connectivity index (χ1) is 42.7. The lowest BCUT2D eigenvalue weighted by Crippen LogP contribution is -2.65. The van der Waals surface area contributed by atoms with Crippen LogP contribution < -0.4 is 14.8 Å². The third-order valence-electron chi connectivity index (χ3n) is 22.0. The lowest BCUT2D eigenvalue weighted by atomic mass is 9.38. The molecule has 454 valence electrons. The summed E-state index contributed by atoms with van der Waals surface area (Å²) in [6.45, 7) is 2.75. The highest BCUT2D eigenvalue weighted by atomic mass is 33.1. The zero-order valence-corrected chi connectivity index (χ0v) is 51.3. The van der Waals surface area contributed by atoms with E-state index in [2.05, 4.69) is 83.9 Å². The molecule has 2 heterocycles. The Hall–Kier alpha value is -6.86.